The first-order valence-electron chi connectivity index (χ1n) is 6.10. The molecule has 2 N–H and O–H groups in total. The molecule has 0 aliphatic carbocycles. The molecule has 2 aromatic heterocycles. The Hall–Kier alpha value is -2.55. The fourth-order valence-corrected chi connectivity index (χ4v) is 2.30. The number of nitro groups is 1. The molecule has 2 heterocycles. The summed E-state index contributed by atoms with van der Waals surface area (Å²) in [6.45, 7) is 0.401. The minimum Gasteiger partial charge on any atom is -0.372 e. The van der Waals surface area contributed by atoms with Crippen molar-refractivity contribution in [3.8, 4) is 0 Å². The van der Waals surface area contributed by atoms with E-state index in [0.29, 0.717) is 18.8 Å². The lowest BCUT2D eigenvalue weighted by Gasteiger charge is -2.08. The van der Waals surface area contributed by atoms with E-state index in [9.17, 15) is 14.9 Å². The Kier molecular flexibility index (Phi) is 4.77. The van der Waals surface area contributed by atoms with E-state index in [1.165, 1.54) is 17.4 Å². The Morgan fingerprint density at radius 3 is 2.90 bits per heavy atom. The monoisotopic (exact) mass is 307 g/mol. The number of carbonyl (C=O) groups is 1. The van der Waals surface area contributed by atoms with Crippen molar-refractivity contribution in [1.29, 1.82) is 0 Å². The molecule has 0 saturated heterocycles. The van der Waals surface area contributed by atoms with Gasteiger partial charge in [-0.05, 0) is 0 Å². The first-order chi connectivity index (χ1) is 10.1. The highest BCUT2D eigenvalue weighted by Crippen LogP contribution is 2.18. The molecule has 0 fully saturated rings. The molecule has 0 saturated carbocycles. The molecule has 0 aliphatic heterocycles. The highest BCUT2D eigenvalue weighted by Gasteiger charge is 2.17. The van der Waals surface area contributed by atoms with Crippen LogP contribution in [0.3, 0.4) is 0 Å². The lowest BCUT2D eigenvalue weighted by molar-refractivity contribution is -0.385. The first-order valence-corrected chi connectivity index (χ1v) is 6.98. The number of hydrogen-bond donors (Lipinski definition) is 2. The van der Waals surface area contributed by atoms with Crippen molar-refractivity contribution < 1.29 is 9.72 Å². The largest absolute Gasteiger partial charge is 0.372 e. The number of rotatable bonds is 6. The van der Waals surface area contributed by atoms with E-state index in [-0.39, 0.29) is 11.3 Å². The van der Waals surface area contributed by atoms with E-state index in [1.807, 2.05) is 5.38 Å². The van der Waals surface area contributed by atoms with Crippen LogP contribution in [0.4, 0.5) is 11.5 Å². The molecule has 0 unspecified atom stereocenters. The van der Waals surface area contributed by atoms with Crippen LogP contribution in [0.15, 0.2) is 23.8 Å². The standard InChI is InChI=1S/C12H13N5O3S/c1-13-11-9(6-8(7-16-11)17(19)20)12(18)15-3-2-10-14-4-5-21-10/h4-7H,2-3H2,1H3,(H,13,16)(H,15,18). The fraction of sp³-hybridized carbons (Fsp3) is 0.250. The van der Waals surface area contributed by atoms with Crippen LogP contribution in [-0.4, -0.2) is 34.4 Å². The maximum atomic E-state index is 12.1. The van der Waals surface area contributed by atoms with Gasteiger partial charge in [-0.3, -0.25) is 14.9 Å². The van der Waals surface area contributed by atoms with Crippen molar-refractivity contribution in [2.75, 3.05) is 18.9 Å². The third-order valence-electron chi connectivity index (χ3n) is 2.67. The second-order valence-corrected chi connectivity index (χ2v) is 5.01. The number of carbonyl (C=O) groups excluding carboxylic acids is 1. The van der Waals surface area contributed by atoms with Gasteiger partial charge in [0.15, 0.2) is 0 Å². The summed E-state index contributed by atoms with van der Waals surface area (Å²) in [7, 11) is 1.60. The van der Waals surface area contributed by atoms with Gasteiger partial charge in [-0.1, -0.05) is 0 Å². The predicted octanol–water partition coefficient (Wildman–Crippen LogP) is 1.46. The molecule has 0 aromatic carbocycles. The molecule has 0 bridgehead atoms. The van der Waals surface area contributed by atoms with Crippen molar-refractivity contribution in [1.82, 2.24) is 15.3 Å². The minimum atomic E-state index is -0.585. The van der Waals surface area contributed by atoms with Crippen LogP contribution in [0, 0.1) is 10.1 Å². The van der Waals surface area contributed by atoms with E-state index >= 15 is 0 Å². The molecule has 110 valence electrons. The maximum Gasteiger partial charge on any atom is 0.288 e. The van der Waals surface area contributed by atoms with Crippen molar-refractivity contribution in [2.45, 2.75) is 6.42 Å². The predicted molar refractivity (Wildman–Crippen MR) is 78.6 cm³/mol. The highest BCUT2D eigenvalue weighted by atomic mass is 32.1. The van der Waals surface area contributed by atoms with Gasteiger partial charge in [0.05, 0.1) is 15.5 Å². The van der Waals surface area contributed by atoms with Gasteiger partial charge < -0.3 is 10.6 Å². The zero-order valence-electron chi connectivity index (χ0n) is 11.2. The number of thiazole rings is 1. The third kappa shape index (κ3) is 3.72. The van der Waals surface area contributed by atoms with E-state index in [4.69, 9.17) is 0 Å². The Balaban J connectivity index is 2.06. The molecular weight excluding hydrogens is 294 g/mol. The molecule has 0 radical (unpaired) electrons. The summed E-state index contributed by atoms with van der Waals surface area (Å²) in [6, 6.07) is 1.21. The van der Waals surface area contributed by atoms with Crippen molar-refractivity contribution in [3.63, 3.8) is 0 Å². The first kappa shape index (κ1) is 14.9. The zero-order chi connectivity index (χ0) is 15.2. The Morgan fingerprint density at radius 1 is 1.48 bits per heavy atom. The number of nitrogens with one attached hydrogen (secondary N) is 2. The Bertz CT molecular complexity index is 644. The average molecular weight is 307 g/mol. The Labute approximate surface area is 124 Å². The van der Waals surface area contributed by atoms with Crippen LogP contribution < -0.4 is 10.6 Å². The van der Waals surface area contributed by atoms with Crippen LogP contribution in [0.1, 0.15) is 15.4 Å². The van der Waals surface area contributed by atoms with Gasteiger partial charge in [0, 0.05) is 37.7 Å². The number of amides is 1. The smallest absolute Gasteiger partial charge is 0.288 e. The van der Waals surface area contributed by atoms with Crippen molar-refractivity contribution in [3.05, 3.63) is 44.5 Å². The number of nitrogens with zero attached hydrogens (tertiary/aromatic N) is 3. The SMILES string of the molecule is CNc1ncc([N+](=O)[O-])cc1C(=O)NCCc1nccs1. The van der Waals surface area contributed by atoms with E-state index in [0.717, 1.165) is 11.2 Å². The lowest BCUT2D eigenvalue weighted by atomic mass is 10.2. The van der Waals surface area contributed by atoms with Gasteiger partial charge in [0.1, 0.15) is 12.0 Å². The summed E-state index contributed by atoms with van der Waals surface area (Å²) in [5, 5.41) is 19.0. The second kappa shape index (κ2) is 6.75. The summed E-state index contributed by atoms with van der Waals surface area (Å²) < 4.78 is 0. The fourth-order valence-electron chi connectivity index (χ4n) is 1.68. The summed E-state index contributed by atoms with van der Waals surface area (Å²) in [4.78, 5) is 30.2. The summed E-state index contributed by atoms with van der Waals surface area (Å²) in [5.41, 5.74) is -0.0788. The van der Waals surface area contributed by atoms with E-state index < -0.39 is 10.8 Å². The molecule has 0 spiro atoms. The van der Waals surface area contributed by atoms with Gasteiger partial charge in [-0.2, -0.15) is 0 Å². The van der Waals surface area contributed by atoms with Gasteiger partial charge in [0.2, 0.25) is 0 Å². The third-order valence-corrected chi connectivity index (χ3v) is 3.51. The normalized spacial score (nSPS) is 10.1. The molecular formula is C12H13N5O3S. The minimum absolute atomic E-state index is 0.144. The average Bonchev–Trinajstić information content (AvgIpc) is 2.99. The number of anilines is 1. The highest BCUT2D eigenvalue weighted by molar-refractivity contribution is 7.09. The molecule has 2 aromatic rings. The molecule has 0 aliphatic rings. The van der Waals surface area contributed by atoms with Crippen molar-refractivity contribution >= 4 is 28.7 Å². The molecule has 9 heteroatoms. The van der Waals surface area contributed by atoms with Gasteiger partial charge in [-0.25, -0.2) is 9.97 Å². The Morgan fingerprint density at radius 2 is 2.29 bits per heavy atom. The van der Waals surface area contributed by atoms with Gasteiger partial charge in [0.25, 0.3) is 11.6 Å². The maximum absolute atomic E-state index is 12.1. The van der Waals surface area contributed by atoms with Crippen LogP contribution in [-0.2, 0) is 6.42 Å². The molecule has 2 rings (SSSR count). The quantitative estimate of drug-likeness (QED) is 0.617. The van der Waals surface area contributed by atoms with E-state index in [1.54, 1.807) is 13.2 Å². The summed E-state index contributed by atoms with van der Waals surface area (Å²) in [5.74, 6) is -0.112. The van der Waals surface area contributed by atoms with Crippen molar-refractivity contribution in [2.24, 2.45) is 0 Å². The van der Waals surface area contributed by atoms with Crippen LogP contribution in [0.2, 0.25) is 0 Å². The number of hydrogen-bond acceptors (Lipinski definition) is 7. The molecule has 8 nitrogen and oxygen atoms in total. The van der Waals surface area contributed by atoms with Crippen LogP contribution in [0.5, 0.6) is 0 Å². The van der Waals surface area contributed by atoms with Gasteiger partial charge >= 0.3 is 0 Å². The molecule has 1 amide bonds. The number of pyridine rings is 1. The second-order valence-electron chi connectivity index (χ2n) is 4.03. The molecule has 21 heavy (non-hydrogen) atoms. The summed E-state index contributed by atoms with van der Waals surface area (Å²) in [6.07, 6.45) is 3.42. The van der Waals surface area contributed by atoms with E-state index in [2.05, 4.69) is 20.6 Å². The van der Waals surface area contributed by atoms with Crippen LogP contribution >= 0.6 is 11.3 Å². The lowest BCUT2D eigenvalue weighted by Crippen LogP contribution is -2.26. The number of aromatic nitrogens is 2. The zero-order valence-corrected chi connectivity index (χ0v) is 12.0. The van der Waals surface area contributed by atoms with Gasteiger partial charge in [-0.15, -0.1) is 11.3 Å². The topological polar surface area (TPSA) is 110 Å². The summed E-state index contributed by atoms with van der Waals surface area (Å²) >= 11 is 1.51. The molecule has 0 atom stereocenters. The van der Waals surface area contributed by atoms with Crippen LogP contribution in [0.25, 0.3) is 0 Å².